The van der Waals surface area contributed by atoms with E-state index in [1.807, 2.05) is 79.0 Å². The molecule has 4 aromatic carbocycles. The minimum Gasteiger partial charge on any atom is -0.345 e. The zero-order chi connectivity index (χ0) is 25.2. The molecular weight excluding hydrogens is 480 g/mol. The average molecular weight is 503 g/mol. The van der Waals surface area contributed by atoms with Crippen molar-refractivity contribution in [3.63, 3.8) is 0 Å². The van der Waals surface area contributed by atoms with E-state index in [4.69, 9.17) is 11.6 Å². The summed E-state index contributed by atoms with van der Waals surface area (Å²) in [5.74, 6) is -0.147. The number of para-hydroxylation sites is 1. The van der Waals surface area contributed by atoms with Gasteiger partial charge in [0.25, 0.3) is 5.91 Å². The summed E-state index contributed by atoms with van der Waals surface area (Å²) in [6, 6.07) is 35.3. The van der Waals surface area contributed by atoms with Gasteiger partial charge < -0.3 is 9.47 Å². The SMILES string of the molecule is O=C(c1ccc(N=Nc2cccc(-c3ccccc3)c2)cc1Cl)N1Cc2cccn2Cc2ccccc21. The highest BCUT2D eigenvalue weighted by Crippen LogP contribution is 2.32. The number of aromatic nitrogens is 1. The zero-order valence-corrected chi connectivity index (χ0v) is 20.7. The first-order valence-electron chi connectivity index (χ1n) is 12.1. The fraction of sp³-hybridized carbons (Fsp3) is 0.0645. The molecule has 0 N–H and O–H groups in total. The molecule has 5 aromatic rings. The Kier molecular flexibility index (Phi) is 6.13. The highest BCUT2D eigenvalue weighted by Gasteiger charge is 2.26. The standard InChI is InChI=1S/C31H23ClN4O/c32-29-19-26(34-33-25-12-6-11-23(18-25)22-8-2-1-3-9-22)15-16-28(29)31(37)36-21-27-13-7-17-35(27)20-24-10-4-5-14-30(24)36/h1-19H,20-21H2. The summed E-state index contributed by atoms with van der Waals surface area (Å²) in [6.07, 6.45) is 2.04. The molecule has 0 fully saturated rings. The molecule has 0 radical (unpaired) electrons. The average Bonchev–Trinajstić information content (AvgIpc) is 3.31. The number of hydrogen-bond acceptors (Lipinski definition) is 3. The van der Waals surface area contributed by atoms with Gasteiger partial charge in [-0.15, -0.1) is 0 Å². The van der Waals surface area contributed by atoms with Gasteiger partial charge in [-0.25, -0.2) is 0 Å². The van der Waals surface area contributed by atoms with Crippen molar-refractivity contribution in [3.05, 3.63) is 137 Å². The highest BCUT2D eigenvalue weighted by molar-refractivity contribution is 6.34. The van der Waals surface area contributed by atoms with Crippen LogP contribution in [0.2, 0.25) is 5.02 Å². The number of anilines is 1. The number of azo groups is 1. The topological polar surface area (TPSA) is 50.0 Å². The normalized spacial score (nSPS) is 12.7. The number of fused-ring (bicyclic) bond motifs is 2. The number of carbonyl (C=O) groups excluding carboxylic acids is 1. The molecule has 0 aliphatic carbocycles. The zero-order valence-electron chi connectivity index (χ0n) is 20.0. The third-order valence-electron chi connectivity index (χ3n) is 6.53. The van der Waals surface area contributed by atoms with Gasteiger partial charge in [0.15, 0.2) is 0 Å². The molecule has 2 heterocycles. The number of nitrogens with zero attached hydrogens (tertiary/aromatic N) is 4. The third kappa shape index (κ3) is 4.69. The van der Waals surface area contributed by atoms with E-state index in [1.165, 1.54) is 0 Å². The summed E-state index contributed by atoms with van der Waals surface area (Å²) in [6.45, 7) is 1.19. The van der Waals surface area contributed by atoms with Gasteiger partial charge in [-0.05, 0) is 65.2 Å². The largest absolute Gasteiger partial charge is 0.345 e. The molecule has 0 saturated carbocycles. The van der Waals surface area contributed by atoms with E-state index in [2.05, 4.69) is 33.0 Å². The van der Waals surface area contributed by atoms with Crippen LogP contribution in [0.3, 0.4) is 0 Å². The van der Waals surface area contributed by atoms with Crippen molar-refractivity contribution in [1.29, 1.82) is 0 Å². The van der Waals surface area contributed by atoms with Gasteiger partial charge in [-0.2, -0.15) is 10.2 Å². The number of amides is 1. The Hall–Kier alpha value is -4.48. The first-order valence-corrected chi connectivity index (χ1v) is 12.4. The lowest BCUT2D eigenvalue weighted by molar-refractivity contribution is 0.0985. The first-order chi connectivity index (χ1) is 18.2. The minimum absolute atomic E-state index is 0.147. The van der Waals surface area contributed by atoms with Gasteiger partial charge in [0.05, 0.1) is 28.5 Å². The van der Waals surface area contributed by atoms with Crippen LogP contribution in [0, 0.1) is 0 Å². The van der Waals surface area contributed by atoms with Crippen LogP contribution >= 0.6 is 11.6 Å². The second kappa shape index (κ2) is 9.88. The quantitative estimate of drug-likeness (QED) is 0.227. The van der Waals surface area contributed by atoms with Crippen molar-refractivity contribution < 1.29 is 4.79 Å². The molecule has 1 aliphatic rings. The molecule has 0 atom stereocenters. The lowest BCUT2D eigenvalue weighted by atomic mass is 10.1. The molecule has 0 unspecified atom stereocenters. The third-order valence-corrected chi connectivity index (χ3v) is 6.84. The molecule has 37 heavy (non-hydrogen) atoms. The predicted molar refractivity (Wildman–Crippen MR) is 148 cm³/mol. The second-order valence-corrected chi connectivity index (χ2v) is 9.34. The van der Waals surface area contributed by atoms with E-state index < -0.39 is 0 Å². The van der Waals surface area contributed by atoms with Gasteiger partial charge in [-0.1, -0.05) is 72.3 Å². The maximum absolute atomic E-state index is 13.7. The van der Waals surface area contributed by atoms with Gasteiger partial charge >= 0.3 is 0 Å². The summed E-state index contributed by atoms with van der Waals surface area (Å²) in [5.41, 5.74) is 7.00. The Bertz CT molecular complexity index is 1620. The second-order valence-electron chi connectivity index (χ2n) is 8.93. The number of carbonyl (C=O) groups is 1. The van der Waals surface area contributed by atoms with Crippen LogP contribution in [0.15, 0.2) is 126 Å². The van der Waals surface area contributed by atoms with Crippen LogP contribution in [-0.4, -0.2) is 10.5 Å². The summed E-state index contributed by atoms with van der Waals surface area (Å²) >= 11 is 6.62. The molecule has 1 aliphatic heterocycles. The lowest BCUT2D eigenvalue weighted by Crippen LogP contribution is -2.30. The van der Waals surface area contributed by atoms with E-state index in [0.717, 1.165) is 40.3 Å². The highest BCUT2D eigenvalue weighted by atomic mass is 35.5. The molecule has 1 aromatic heterocycles. The smallest absolute Gasteiger partial charge is 0.260 e. The molecule has 6 rings (SSSR count). The number of hydrogen-bond donors (Lipinski definition) is 0. The Morgan fingerprint density at radius 3 is 2.30 bits per heavy atom. The number of rotatable bonds is 4. The molecule has 6 heteroatoms. The minimum atomic E-state index is -0.147. The van der Waals surface area contributed by atoms with Crippen LogP contribution in [0.4, 0.5) is 17.1 Å². The van der Waals surface area contributed by atoms with E-state index in [1.54, 1.807) is 23.1 Å². The van der Waals surface area contributed by atoms with Crippen molar-refractivity contribution in [2.75, 3.05) is 4.90 Å². The summed E-state index contributed by atoms with van der Waals surface area (Å²) < 4.78 is 2.17. The Labute approximate surface area is 220 Å². The Morgan fingerprint density at radius 1 is 0.703 bits per heavy atom. The van der Waals surface area contributed by atoms with E-state index in [9.17, 15) is 4.79 Å². The fourth-order valence-electron chi connectivity index (χ4n) is 4.65. The monoisotopic (exact) mass is 502 g/mol. The summed E-state index contributed by atoms with van der Waals surface area (Å²) in [4.78, 5) is 15.5. The van der Waals surface area contributed by atoms with E-state index in [0.29, 0.717) is 22.8 Å². The fourth-order valence-corrected chi connectivity index (χ4v) is 4.90. The van der Waals surface area contributed by atoms with Crippen molar-refractivity contribution in [3.8, 4) is 11.1 Å². The van der Waals surface area contributed by atoms with Gasteiger partial charge in [0.2, 0.25) is 0 Å². The maximum Gasteiger partial charge on any atom is 0.260 e. The van der Waals surface area contributed by atoms with Gasteiger partial charge in [-0.3, -0.25) is 4.79 Å². The van der Waals surface area contributed by atoms with Gasteiger partial charge in [0, 0.05) is 24.1 Å². The van der Waals surface area contributed by atoms with E-state index >= 15 is 0 Å². The van der Waals surface area contributed by atoms with Crippen molar-refractivity contribution in [1.82, 2.24) is 4.57 Å². The molecule has 180 valence electrons. The molecule has 1 amide bonds. The van der Waals surface area contributed by atoms with Crippen LogP contribution in [0.25, 0.3) is 11.1 Å². The lowest BCUT2D eigenvalue weighted by Gasteiger charge is -2.23. The Morgan fingerprint density at radius 2 is 1.46 bits per heavy atom. The first kappa shape index (κ1) is 23.0. The summed E-state index contributed by atoms with van der Waals surface area (Å²) in [7, 11) is 0. The number of benzene rings is 4. The van der Waals surface area contributed by atoms with Crippen molar-refractivity contribution >= 4 is 34.6 Å². The van der Waals surface area contributed by atoms with E-state index in [-0.39, 0.29) is 5.91 Å². The Balaban J connectivity index is 1.26. The molecule has 0 spiro atoms. The van der Waals surface area contributed by atoms with Crippen molar-refractivity contribution in [2.45, 2.75) is 13.1 Å². The van der Waals surface area contributed by atoms with Crippen LogP contribution < -0.4 is 4.90 Å². The predicted octanol–water partition coefficient (Wildman–Crippen LogP) is 8.43. The molecule has 5 nitrogen and oxygen atoms in total. The van der Waals surface area contributed by atoms with Crippen molar-refractivity contribution in [2.24, 2.45) is 10.2 Å². The van der Waals surface area contributed by atoms with Crippen LogP contribution in [-0.2, 0) is 13.1 Å². The molecule has 0 saturated heterocycles. The van der Waals surface area contributed by atoms with Crippen LogP contribution in [0.1, 0.15) is 21.6 Å². The van der Waals surface area contributed by atoms with Crippen LogP contribution in [0.5, 0.6) is 0 Å². The summed E-state index contributed by atoms with van der Waals surface area (Å²) in [5, 5.41) is 9.11. The maximum atomic E-state index is 13.7. The molecular formula is C31H23ClN4O. The van der Waals surface area contributed by atoms with Gasteiger partial charge in [0.1, 0.15) is 0 Å². The molecule has 0 bridgehead atoms. The number of halogens is 1.